The van der Waals surface area contributed by atoms with Gasteiger partial charge in [0.05, 0.1) is 12.9 Å². The van der Waals surface area contributed by atoms with Gasteiger partial charge in [-0.2, -0.15) is 13.2 Å². The van der Waals surface area contributed by atoms with Crippen LogP contribution in [0.1, 0.15) is 19.3 Å². The monoisotopic (exact) mass is 195 g/mol. The van der Waals surface area contributed by atoms with Crippen LogP contribution in [0.2, 0.25) is 0 Å². The molecule has 2 nitrogen and oxygen atoms in total. The van der Waals surface area contributed by atoms with Gasteiger partial charge in [-0.05, 0) is 24.8 Å². The van der Waals surface area contributed by atoms with Gasteiger partial charge < -0.3 is 10.5 Å². The molecule has 0 radical (unpaired) electrons. The van der Waals surface area contributed by atoms with Crippen LogP contribution in [0.25, 0.3) is 0 Å². The summed E-state index contributed by atoms with van der Waals surface area (Å²) in [5, 5.41) is 0. The van der Waals surface area contributed by atoms with Crippen molar-refractivity contribution in [2.45, 2.75) is 31.5 Å². The van der Waals surface area contributed by atoms with Crippen molar-refractivity contribution in [1.29, 1.82) is 0 Å². The van der Waals surface area contributed by atoms with Gasteiger partial charge in [-0.3, -0.25) is 0 Å². The minimum absolute atomic E-state index is 0.149. The first-order valence-electron chi connectivity index (χ1n) is 4.12. The normalized spacial score (nSPS) is 20.5. The second-order valence-electron chi connectivity index (χ2n) is 3.10. The molecule has 0 fully saturated rings. The van der Waals surface area contributed by atoms with Crippen molar-refractivity contribution in [2.24, 2.45) is 5.73 Å². The molecule has 0 aromatic carbocycles. The smallest absolute Gasteiger partial charge is 0.403 e. The summed E-state index contributed by atoms with van der Waals surface area (Å²) in [5.41, 5.74) is 5.61. The van der Waals surface area contributed by atoms with Gasteiger partial charge in [0, 0.05) is 0 Å². The maximum atomic E-state index is 12.0. The number of halogens is 3. The third kappa shape index (κ3) is 3.26. The fourth-order valence-corrected chi connectivity index (χ4v) is 1.17. The number of ether oxygens (including phenoxy) is 1. The Bertz CT molecular complexity index is 200. The van der Waals surface area contributed by atoms with Crippen molar-refractivity contribution in [3.63, 3.8) is 0 Å². The Balaban J connectivity index is 2.43. The third-order valence-corrected chi connectivity index (χ3v) is 1.91. The molecule has 0 amide bonds. The molecule has 0 aromatic heterocycles. The van der Waals surface area contributed by atoms with E-state index in [-0.39, 0.29) is 6.42 Å². The van der Waals surface area contributed by atoms with Gasteiger partial charge in [0.15, 0.2) is 0 Å². The molecular formula is C8H12F3NO. The lowest BCUT2D eigenvalue weighted by molar-refractivity contribution is -0.147. The Morgan fingerprint density at radius 2 is 2.23 bits per heavy atom. The molecule has 0 bridgehead atoms. The van der Waals surface area contributed by atoms with E-state index in [4.69, 9.17) is 10.5 Å². The molecule has 1 aliphatic heterocycles. The second kappa shape index (κ2) is 4.00. The molecule has 0 saturated carbocycles. The number of hydrogen-bond donors (Lipinski definition) is 1. The van der Waals surface area contributed by atoms with Crippen LogP contribution in [0.3, 0.4) is 0 Å². The number of nitrogens with two attached hydrogens (primary N) is 1. The van der Waals surface area contributed by atoms with E-state index in [1.54, 1.807) is 0 Å². The number of hydrogen-bond acceptors (Lipinski definition) is 2. The lowest BCUT2D eigenvalue weighted by Gasteiger charge is -2.19. The fraction of sp³-hybridized carbons (Fsp3) is 0.750. The van der Waals surface area contributed by atoms with Crippen LogP contribution in [0.15, 0.2) is 11.8 Å². The predicted octanol–water partition coefficient (Wildman–Crippen LogP) is 1.96. The Labute approximate surface area is 74.5 Å². The van der Waals surface area contributed by atoms with Crippen LogP contribution in [0, 0.1) is 0 Å². The lowest BCUT2D eigenvalue weighted by atomic mass is 10.0. The first kappa shape index (κ1) is 10.4. The summed E-state index contributed by atoms with van der Waals surface area (Å²) in [7, 11) is 0. The molecule has 0 saturated heterocycles. The van der Waals surface area contributed by atoms with E-state index >= 15 is 0 Å². The molecule has 1 aliphatic rings. The lowest BCUT2D eigenvalue weighted by Crippen LogP contribution is -2.37. The molecule has 76 valence electrons. The van der Waals surface area contributed by atoms with Gasteiger partial charge in [0.25, 0.3) is 0 Å². The maximum absolute atomic E-state index is 12.0. The molecule has 0 aliphatic carbocycles. The predicted molar refractivity (Wildman–Crippen MR) is 41.9 cm³/mol. The topological polar surface area (TPSA) is 35.2 Å². The molecule has 1 rings (SSSR count). The van der Waals surface area contributed by atoms with Crippen LogP contribution in [-0.2, 0) is 4.74 Å². The molecule has 5 heteroatoms. The first-order valence-corrected chi connectivity index (χ1v) is 4.12. The van der Waals surface area contributed by atoms with E-state index in [2.05, 4.69) is 0 Å². The van der Waals surface area contributed by atoms with Gasteiger partial charge in [-0.1, -0.05) is 0 Å². The Kier molecular flexibility index (Phi) is 3.19. The highest BCUT2D eigenvalue weighted by atomic mass is 19.4. The molecule has 0 aromatic rings. The number of rotatable bonds is 2. The summed E-state index contributed by atoms with van der Waals surface area (Å²) in [6.45, 7) is 0.588. The van der Waals surface area contributed by atoms with Gasteiger partial charge in [0.2, 0.25) is 0 Å². The average Bonchev–Trinajstić information content (AvgIpc) is 2.04. The number of alkyl halides is 3. The van der Waals surface area contributed by atoms with E-state index in [1.165, 1.54) is 6.26 Å². The summed E-state index contributed by atoms with van der Waals surface area (Å²) in [6, 6.07) is -1.76. The fourth-order valence-electron chi connectivity index (χ4n) is 1.17. The van der Waals surface area contributed by atoms with E-state index < -0.39 is 12.2 Å². The van der Waals surface area contributed by atoms with Crippen molar-refractivity contribution in [3.05, 3.63) is 11.8 Å². The average molecular weight is 195 g/mol. The highest BCUT2D eigenvalue weighted by molar-refractivity contribution is 5.03. The summed E-state index contributed by atoms with van der Waals surface area (Å²) in [5.74, 6) is 0. The van der Waals surface area contributed by atoms with Crippen molar-refractivity contribution in [3.8, 4) is 0 Å². The molecule has 1 heterocycles. The van der Waals surface area contributed by atoms with Crippen molar-refractivity contribution in [1.82, 2.24) is 0 Å². The van der Waals surface area contributed by atoms with E-state index in [0.29, 0.717) is 18.6 Å². The Morgan fingerprint density at radius 3 is 2.69 bits per heavy atom. The van der Waals surface area contributed by atoms with E-state index in [9.17, 15) is 13.2 Å². The van der Waals surface area contributed by atoms with Crippen LogP contribution in [0.4, 0.5) is 13.2 Å². The zero-order valence-corrected chi connectivity index (χ0v) is 7.10. The summed E-state index contributed by atoms with van der Waals surface area (Å²) < 4.78 is 40.9. The molecule has 13 heavy (non-hydrogen) atoms. The minimum Gasteiger partial charge on any atom is -0.501 e. The van der Waals surface area contributed by atoms with Crippen LogP contribution < -0.4 is 5.73 Å². The molecule has 1 unspecified atom stereocenters. The molecule has 2 N–H and O–H groups in total. The van der Waals surface area contributed by atoms with Gasteiger partial charge in [0.1, 0.15) is 6.04 Å². The van der Waals surface area contributed by atoms with E-state index in [1.807, 2.05) is 0 Å². The van der Waals surface area contributed by atoms with Gasteiger partial charge in [-0.25, -0.2) is 0 Å². The Morgan fingerprint density at radius 1 is 1.54 bits per heavy atom. The summed E-state index contributed by atoms with van der Waals surface area (Å²) >= 11 is 0. The van der Waals surface area contributed by atoms with Crippen LogP contribution in [0.5, 0.6) is 0 Å². The minimum atomic E-state index is -4.31. The zero-order valence-electron chi connectivity index (χ0n) is 7.10. The Hall–Kier alpha value is -0.710. The third-order valence-electron chi connectivity index (χ3n) is 1.91. The largest absolute Gasteiger partial charge is 0.501 e. The summed E-state index contributed by atoms with van der Waals surface area (Å²) in [6.07, 6.45) is -1.63. The molecular weight excluding hydrogens is 183 g/mol. The SMILES string of the molecule is NC(CC1=COCCC1)C(F)(F)F. The van der Waals surface area contributed by atoms with Crippen LogP contribution in [-0.4, -0.2) is 18.8 Å². The van der Waals surface area contributed by atoms with Crippen molar-refractivity contribution >= 4 is 0 Å². The van der Waals surface area contributed by atoms with Crippen molar-refractivity contribution < 1.29 is 17.9 Å². The van der Waals surface area contributed by atoms with E-state index in [0.717, 1.165) is 6.42 Å². The first-order chi connectivity index (χ1) is 6.00. The quantitative estimate of drug-likeness (QED) is 0.731. The second-order valence-corrected chi connectivity index (χ2v) is 3.10. The highest BCUT2D eigenvalue weighted by Crippen LogP contribution is 2.25. The van der Waals surface area contributed by atoms with Gasteiger partial charge >= 0.3 is 6.18 Å². The highest BCUT2D eigenvalue weighted by Gasteiger charge is 2.36. The zero-order chi connectivity index (χ0) is 9.90. The molecule has 0 spiro atoms. The van der Waals surface area contributed by atoms with Crippen LogP contribution >= 0.6 is 0 Å². The standard InChI is InChI=1S/C8H12F3NO/c9-8(10,11)7(12)4-6-2-1-3-13-5-6/h5,7H,1-4,12H2. The summed E-state index contributed by atoms with van der Waals surface area (Å²) in [4.78, 5) is 0. The van der Waals surface area contributed by atoms with Gasteiger partial charge in [-0.15, -0.1) is 0 Å². The molecule has 1 atom stereocenters. The van der Waals surface area contributed by atoms with Crippen molar-refractivity contribution in [2.75, 3.05) is 6.61 Å². The maximum Gasteiger partial charge on any atom is 0.403 e.